The second kappa shape index (κ2) is 7.71. The lowest BCUT2D eigenvalue weighted by Gasteiger charge is -2.29. The van der Waals surface area contributed by atoms with Crippen LogP contribution in [0, 0.1) is 5.82 Å². The molecule has 0 saturated heterocycles. The number of urea groups is 1. The van der Waals surface area contributed by atoms with E-state index in [0.717, 1.165) is 17.0 Å². The van der Waals surface area contributed by atoms with Crippen molar-refractivity contribution in [1.82, 2.24) is 15.1 Å². The van der Waals surface area contributed by atoms with Gasteiger partial charge in [0.2, 0.25) is 0 Å². The summed E-state index contributed by atoms with van der Waals surface area (Å²) in [4.78, 5) is 37.4. The van der Waals surface area contributed by atoms with Crippen LogP contribution in [0.25, 0.3) is 0 Å². The van der Waals surface area contributed by atoms with Gasteiger partial charge in [0.05, 0.1) is 12.1 Å². The molecule has 0 atom stereocenters. The van der Waals surface area contributed by atoms with Crippen molar-refractivity contribution in [2.24, 2.45) is 0 Å². The summed E-state index contributed by atoms with van der Waals surface area (Å²) in [5.74, 6) is -4.75. The number of halogens is 5. The number of alkyl halides is 3. The zero-order valence-electron chi connectivity index (χ0n) is 14.5. The molecule has 2 heterocycles. The van der Waals surface area contributed by atoms with Crippen LogP contribution in [0.15, 0.2) is 36.5 Å². The number of imide groups is 1. The maximum atomic E-state index is 13.9. The van der Waals surface area contributed by atoms with Gasteiger partial charge in [-0.15, -0.1) is 10.2 Å². The van der Waals surface area contributed by atoms with Gasteiger partial charge in [0, 0.05) is 11.2 Å². The fraction of sp³-hybridized carbons (Fsp3) is 0.118. The van der Waals surface area contributed by atoms with E-state index in [2.05, 4.69) is 10.2 Å². The van der Waals surface area contributed by atoms with Gasteiger partial charge in [0.15, 0.2) is 11.5 Å². The molecule has 0 spiro atoms. The molecule has 2 aromatic rings. The number of benzene rings is 1. The van der Waals surface area contributed by atoms with Crippen molar-refractivity contribution in [1.29, 1.82) is 0 Å². The van der Waals surface area contributed by atoms with Crippen LogP contribution in [0.5, 0.6) is 0 Å². The molecule has 8 nitrogen and oxygen atoms in total. The van der Waals surface area contributed by atoms with Crippen LogP contribution in [-0.4, -0.2) is 44.7 Å². The topological polar surface area (TPSA) is 104 Å². The third-order valence-electron chi connectivity index (χ3n) is 3.91. The van der Waals surface area contributed by atoms with Crippen molar-refractivity contribution in [3.05, 3.63) is 64.2 Å². The lowest BCUT2D eigenvalue weighted by Crippen LogP contribution is -2.48. The number of nitrogens with zero attached hydrogens (tertiary/aromatic N) is 4. The molecule has 0 fully saturated rings. The Labute approximate surface area is 170 Å². The molecule has 1 aromatic carbocycles. The van der Waals surface area contributed by atoms with E-state index < -0.39 is 58.3 Å². The molecule has 1 N–H and O–H groups in total. The number of anilines is 1. The van der Waals surface area contributed by atoms with Crippen LogP contribution in [0.3, 0.4) is 0 Å². The highest BCUT2D eigenvalue weighted by Gasteiger charge is 2.41. The maximum Gasteiger partial charge on any atom is 0.420 e. The number of aromatic nitrogens is 2. The molecule has 156 valence electrons. The summed E-state index contributed by atoms with van der Waals surface area (Å²) < 4.78 is 53.8. The van der Waals surface area contributed by atoms with Gasteiger partial charge in [0.1, 0.15) is 11.4 Å². The first-order valence-electron chi connectivity index (χ1n) is 7.95. The van der Waals surface area contributed by atoms with Crippen molar-refractivity contribution in [2.75, 3.05) is 11.4 Å². The molecular weight excluding hydrogens is 436 g/mol. The quantitative estimate of drug-likeness (QED) is 0.726. The third kappa shape index (κ3) is 3.94. The summed E-state index contributed by atoms with van der Waals surface area (Å²) >= 11 is 5.60. The van der Waals surface area contributed by atoms with Gasteiger partial charge in [-0.25, -0.2) is 14.0 Å². The highest BCUT2D eigenvalue weighted by atomic mass is 35.5. The number of rotatable bonds is 3. The Bertz CT molecular complexity index is 1070. The fourth-order valence-electron chi connectivity index (χ4n) is 2.62. The summed E-state index contributed by atoms with van der Waals surface area (Å²) in [6.45, 7) is -0.403. The van der Waals surface area contributed by atoms with E-state index in [9.17, 15) is 31.9 Å². The molecule has 3 rings (SSSR count). The zero-order chi connectivity index (χ0) is 22.2. The Balaban J connectivity index is 1.98. The monoisotopic (exact) mass is 444 g/mol. The number of hydrogen-bond acceptors (Lipinski definition) is 5. The first-order valence-corrected chi connectivity index (χ1v) is 8.33. The minimum atomic E-state index is -5.22. The second-order valence-electron chi connectivity index (χ2n) is 5.84. The van der Waals surface area contributed by atoms with Crippen molar-refractivity contribution >= 4 is 35.3 Å². The smallest absolute Gasteiger partial charge is 0.420 e. The Hall–Kier alpha value is -3.54. The number of carboxylic acids is 1. The van der Waals surface area contributed by atoms with Crippen molar-refractivity contribution < 1.29 is 37.1 Å². The minimum absolute atomic E-state index is 0.188. The number of carbonyl (C=O) groups is 3. The molecule has 13 heteroatoms. The van der Waals surface area contributed by atoms with Crippen LogP contribution in [0.1, 0.15) is 26.4 Å². The average molecular weight is 445 g/mol. The molecular formula is C17H9ClF4N4O4. The van der Waals surface area contributed by atoms with Crippen molar-refractivity contribution in [2.45, 2.75) is 6.18 Å². The number of amides is 3. The molecule has 3 amide bonds. The summed E-state index contributed by atoms with van der Waals surface area (Å²) in [7, 11) is 0. The van der Waals surface area contributed by atoms with Gasteiger partial charge in [-0.05, 0) is 30.3 Å². The summed E-state index contributed by atoms with van der Waals surface area (Å²) in [6, 6.07) is 2.08. The predicted octanol–water partition coefficient (Wildman–Crippen LogP) is 3.58. The molecule has 1 aliphatic heterocycles. The van der Waals surface area contributed by atoms with Gasteiger partial charge < -0.3 is 5.11 Å². The lowest BCUT2D eigenvalue weighted by atomic mass is 10.0. The predicted molar refractivity (Wildman–Crippen MR) is 93.5 cm³/mol. The normalized spacial score (nSPS) is 14.2. The van der Waals surface area contributed by atoms with Crippen molar-refractivity contribution in [3.63, 3.8) is 0 Å². The standard InChI is InChI=1S/C17H9ClF4N4O4/c18-8-6-9(13(10(19)7-8)17(20,21)22)14(27)26-5-1-4-25(16(26)30)12-3-2-11(15(28)29)23-24-12/h1-4,6-7H,5H2,(H,28,29). The molecule has 0 aliphatic carbocycles. The van der Waals surface area contributed by atoms with E-state index in [-0.39, 0.29) is 5.82 Å². The molecule has 30 heavy (non-hydrogen) atoms. The third-order valence-corrected chi connectivity index (χ3v) is 4.13. The fourth-order valence-corrected chi connectivity index (χ4v) is 2.82. The van der Waals surface area contributed by atoms with Crippen LogP contribution >= 0.6 is 11.6 Å². The number of carbonyl (C=O) groups excluding carboxylic acids is 2. The molecule has 0 saturated carbocycles. The van der Waals surface area contributed by atoms with Gasteiger partial charge in [-0.2, -0.15) is 13.2 Å². The van der Waals surface area contributed by atoms with Crippen LogP contribution in [0.4, 0.5) is 28.2 Å². The van der Waals surface area contributed by atoms with Crippen LogP contribution < -0.4 is 4.90 Å². The van der Waals surface area contributed by atoms with E-state index in [1.807, 2.05) is 0 Å². The Morgan fingerprint density at radius 1 is 1.17 bits per heavy atom. The van der Waals surface area contributed by atoms with Gasteiger partial charge >= 0.3 is 18.2 Å². The summed E-state index contributed by atoms with van der Waals surface area (Å²) in [5, 5.41) is 15.3. The van der Waals surface area contributed by atoms with E-state index in [0.29, 0.717) is 17.0 Å². The van der Waals surface area contributed by atoms with Crippen molar-refractivity contribution in [3.8, 4) is 0 Å². The summed E-state index contributed by atoms with van der Waals surface area (Å²) in [5.41, 5.74) is -3.40. The Morgan fingerprint density at radius 3 is 2.43 bits per heavy atom. The molecule has 1 aliphatic rings. The number of carboxylic acid groups (broad SMARTS) is 1. The van der Waals surface area contributed by atoms with Gasteiger partial charge in [0.25, 0.3) is 5.91 Å². The molecule has 0 unspecified atom stereocenters. The van der Waals surface area contributed by atoms with E-state index in [1.54, 1.807) is 0 Å². The van der Waals surface area contributed by atoms with Crippen LogP contribution in [-0.2, 0) is 6.18 Å². The second-order valence-corrected chi connectivity index (χ2v) is 6.28. The van der Waals surface area contributed by atoms with E-state index in [4.69, 9.17) is 16.7 Å². The molecule has 0 bridgehead atoms. The summed E-state index contributed by atoms with van der Waals surface area (Å²) in [6.07, 6.45) is -2.77. The molecule has 1 aromatic heterocycles. The molecule has 0 radical (unpaired) electrons. The Kier molecular flexibility index (Phi) is 5.44. The minimum Gasteiger partial charge on any atom is -0.476 e. The maximum absolute atomic E-state index is 13.9. The van der Waals surface area contributed by atoms with Crippen LogP contribution in [0.2, 0.25) is 5.02 Å². The largest absolute Gasteiger partial charge is 0.476 e. The lowest BCUT2D eigenvalue weighted by molar-refractivity contribution is -0.140. The van der Waals surface area contributed by atoms with E-state index >= 15 is 0 Å². The Morgan fingerprint density at radius 2 is 1.87 bits per heavy atom. The SMILES string of the molecule is O=C(O)c1ccc(N2C=CCN(C(=O)c3cc(Cl)cc(F)c3C(F)(F)F)C2=O)nn1. The number of hydrogen-bond donors (Lipinski definition) is 1. The van der Waals surface area contributed by atoms with Gasteiger partial charge in [-0.3, -0.25) is 14.6 Å². The van der Waals surface area contributed by atoms with Gasteiger partial charge in [-0.1, -0.05) is 11.6 Å². The first kappa shape index (κ1) is 21.2. The number of aromatic carboxylic acids is 1. The highest BCUT2D eigenvalue weighted by molar-refractivity contribution is 6.31. The zero-order valence-corrected chi connectivity index (χ0v) is 15.3. The first-order chi connectivity index (χ1) is 14.0. The average Bonchev–Trinajstić information content (AvgIpc) is 2.66. The van der Waals surface area contributed by atoms with E-state index in [1.165, 1.54) is 12.3 Å². The highest BCUT2D eigenvalue weighted by Crippen LogP contribution is 2.36.